The maximum absolute atomic E-state index is 11.6. The third-order valence-electron chi connectivity index (χ3n) is 6.37. The fourth-order valence-corrected chi connectivity index (χ4v) is 5.64. The molecule has 11 heteroatoms. The number of fused-ring (bicyclic) bond motifs is 3. The van der Waals surface area contributed by atoms with Crippen molar-refractivity contribution in [1.29, 1.82) is 0 Å². The van der Waals surface area contributed by atoms with Crippen LogP contribution in [0.3, 0.4) is 0 Å². The lowest BCUT2D eigenvalue weighted by atomic mass is 9.93. The maximum Gasteiger partial charge on any atom is 0.154 e. The third-order valence-corrected chi connectivity index (χ3v) is 8.33. The minimum absolute atomic E-state index is 0.0185. The molecule has 0 radical (unpaired) electrons. The molecule has 0 amide bonds. The number of aryl methyl sites for hydroxylation is 1. The molecule has 3 heterocycles. The van der Waals surface area contributed by atoms with Crippen LogP contribution in [0.1, 0.15) is 56.5 Å². The topological polar surface area (TPSA) is 146 Å². The normalized spacial score (nSPS) is 24.6. The van der Waals surface area contributed by atoms with Crippen molar-refractivity contribution in [2.75, 3.05) is 12.0 Å². The van der Waals surface area contributed by atoms with Gasteiger partial charge in [-0.15, -0.1) is 0 Å². The number of H-pyrrole nitrogens is 1. The summed E-state index contributed by atoms with van der Waals surface area (Å²) < 4.78 is 45.0. The maximum atomic E-state index is 11.6. The molecule has 9 nitrogen and oxygen atoms in total. The first-order chi connectivity index (χ1) is 15.2. The molecular formula is C21H30N5O4S2-. The van der Waals surface area contributed by atoms with Gasteiger partial charge in [0.2, 0.25) is 0 Å². The standard InChI is InChI=1S/C18H25N5O2S.C3H6O2S/c1-3-11-8-12(19)9-13(11)18-22-14(5-7-26(2,24)25)16-10-21-17-15(23(16)18)4-6-20-17;4-6(5)3-1-2-3/h4,6,10-13,20H,3,5,7-9,19H2,1-2H3;3H,1-2H2,(H,4,5)/p-1/t11-,12+,13+;/m1./s1. The quantitative estimate of drug-likeness (QED) is 0.513. The zero-order chi connectivity index (χ0) is 23.0. The number of aromatic amines is 1. The van der Waals surface area contributed by atoms with E-state index in [0.717, 1.165) is 60.3 Å². The third kappa shape index (κ3) is 5.05. The van der Waals surface area contributed by atoms with Crippen LogP contribution in [-0.2, 0) is 27.3 Å². The van der Waals surface area contributed by atoms with Gasteiger partial charge in [-0.1, -0.05) is 24.4 Å². The van der Waals surface area contributed by atoms with Gasteiger partial charge in [0.1, 0.15) is 15.7 Å². The lowest BCUT2D eigenvalue weighted by Gasteiger charge is -2.17. The van der Waals surface area contributed by atoms with Gasteiger partial charge in [0.25, 0.3) is 0 Å². The van der Waals surface area contributed by atoms with Gasteiger partial charge in [0.15, 0.2) is 5.65 Å². The minimum Gasteiger partial charge on any atom is -0.772 e. The molecular weight excluding hydrogens is 450 g/mol. The van der Waals surface area contributed by atoms with Crippen LogP contribution >= 0.6 is 0 Å². The summed E-state index contributed by atoms with van der Waals surface area (Å²) in [6, 6.07) is 2.19. The fourth-order valence-electron chi connectivity index (χ4n) is 4.56. The molecule has 0 saturated heterocycles. The van der Waals surface area contributed by atoms with Crippen LogP contribution in [0.4, 0.5) is 0 Å². The second-order valence-electron chi connectivity index (χ2n) is 8.95. The summed E-state index contributed by atoms with van der Waals surface area (Å²) in [4.78, 5) is 12.6. The number of nitrogens with one attached hydrogen (secondary N) is 1. The molecule has 0 aromatic carbocycles. The van der Waals surface area contributed by atoms with Crippen LogP contribution in [0.2, 0.25) is 0 Å². The van der Waals surface area contributed by atoms with E-state index in [1.54, 1.807) is 6.20 Å². The molecule has 2 aliphatic rings. The molecule has 4 atom stereocenters. The van der Waals surface area contributed by atoms with E-state index in [4.69, 9.17) is 10.7 Å². The van der Waals surface area contributed by atoms with E-state index in [9.17, 15) is 17.2 Å². The number of nitrogens with zero attached hydrogens (tertiary/aromatic N) is 3. The summed E-state index contributed by atoms with van der Waals surface area (Å²) in [5, 5.41) is 0.0185. The molecule has 3 N–H and O–H groups in total. The highest BCUT2D eigenvalue weighted by Crippen LogP contribution is 2.41. The number of aromatic nitrogens is 4. The molecule has 0 bridgehead atoms. The monoisotopic (exact) mass is 480 g/mol. The Morgan fingerprint density at radius 2 is 2.06 bits per heavy atom. The minimum atomic E-state index is -3.05. The lowest BCUT2D eigenvalue weighted by molar-refractivity contribution is 0.451. The van der Waals surface area contributed by atoms with E-state index in [1.165, 1.54) is 6.26 Å². The van der Waals surface area contributed by atoms with Crippen molar-refractivity contribution in [3.63, 3.8) is 0 Å². The van der Waals surface area contributed by atoms with Gasteiger partial charge in [-0.2, -0.15) is 0 Å². The Hall–Kier alpha value is -1.82. The number of sulfone groups is 1. The number of nitrogens with two attached hydrogens (primary N) is 1. The van der Waals surface area contributed by atoms with Crippen molar-refractivity contribution in [2.45, 2.75) is 62.7 Å². The molecule has 0 spiro atoms. The molecule has 3 aromatic rings. The van der Waals surface area contributed by atoms with Gasteiger partial charge < -0.3 is 15.3 Å². The average molecular weight is 481 g/mol. The van der Waals surface area contributed by atoms with Crippen molar-refractivity contribution in [3.8, 4) is 0 Å². The molecule has 176 valence electrons. The fraction of sp³-hybridized carbons (Fsp3) is 0.619. The molecule has 32 heavy (non-hydrogen) atoms. The van der Waals surface area contributed by atoms with E-state index in [2.05, 4.69) is 21.3 Å². The number of rotatable bonds is 6. The van der Waals surface area contributed by atoms with E-state index in [0.29, 0.717) is 12.3 Å². The van der Waals surface area contributed by atoms with E-state index < -0.39 is 20.9 Å². The lowest BCUT2D eigenvalue weighted by Crippen LogP contribution is -2.15. The van der Waals surface area contributed by atoms with Crippen molar-refractivity contribution >= 4 is 37.6 Å². The first-order valence-corrected chi connectivity index (χ1v) is 14.2. The first kappa shape index (κ1) is 23.3. The zero-order valence-corrected chi connectivity index (χ0v) is 20.0. The summed E-state index contributed by atoms with van der Waals surface area (Å²) in [5.74, 6) is 1.87. The van der Waals surface area contributed by atoms with Crippen molar-refractivity contribution in [1.82, 2.24) is 19.4 Å². The largest absolute Gasteiger partial charge is 0.772 e. The Morgan fingerprint density at radius 1 is 1.31 bits per heavy atom. The Bertz CT molecular complexity index is 1230. The van der Waals surface area contributed by atoms with Gasteiger partial charge in [0.05, 0.1) is 28.7 Å². The average Bonchev–Trinajstić information content (AvgIpc) is 3.20. The van der Waals surface area contributed by atoms with Gasteiger partial charge >= 0.3 is 0 Å². The first-order valence-electron chi connectivity index (χ1n) is 11.0. The summed E-state index contributed by atoms with van der Waals surface area (Å²) in [6.07, 6.45) is 10.1. The van der Waals surface area contributed by atoms with Crippen molar-refractivity contribution in [2.24, 2.45) is 11.7 Å². The van der Waals surface area contributed by atoms with E-state index in [-0.39, 0.29) is 23.0 Å². The molecule has 2 fully saturated rings. The van der Waals surface area contributed by atoms with Crippen LogP contribution in [-0.4, -0.2) is 59.8 Å². The van der Waals surface area contributed by atoms with Crippen molar-refractivity contribution in [3.05, 3.63) is 30.0 Å². The van der Waals surface area contributed by atoms with Crippen molar-refractivity contribution < 1.29 is 17.2 Å². The summed E-state index contributed by atoms with van der Waals surface area (Å²) in [5.41, 5.74) is 9.73. The summed E-state index contributed by atoms with van der Waals surface area (Å²) in [6.45, 7) is 2.20. The zero-order valence-electron chi connectivity index (χ0n) is 18.4. The van der Waals surface area contributed by atoms with E-state index >= 15 is 0 Å². The highest BCUT2D eigenvalue weighted by atomic mass is 32.2. The van der Waals surface area contributed by atoms with Gasteiger partial charge in [-0.25, -0.2) is 18.4 Å². The van der Waals surface area contributed by atoms with E-state index in [1.807, 2.05) is 12.3 Å². The Labute approximate surface area is 190 Å². The van der Waals surface area contributed by atoms with Crippen LogP contribution in [0, 0.1) is 5.92 Å². The number of hydrogen-bond acceptors (Lipinski definition) is 7. The van der Waals surface area contributed by atoms with Crippen LogP contribution in [0.15, 0.2) is 18.5 Å². The second-order valence-corrected chi connectivity index (χ2v) is 12.4. The van der Waals surface area contributed by atoms with Crippen LogP contribution < -0.4 is 5.73 Å². The highest BCUT2D eigenvalue weighted by Gasteiger charge is 2.36. The second kappa shape index (κ2) is 9.20. The van der Waals surface area contributed by atoms with Crippen LogP contribution in [0.5, 0.6) is 0 Å². The molecule has 5 rings (SSSR count). The number of hydrogen-bond donors (Lipinski definition) is 2. The number of imidazole rings is 1. The smallest absolute Gasteiger partial charge is 0.154 e. The Morgan fingerprint density at radius 3 is 2.66 bits per heavy atom. The van der Waals surface area contributed by atoms with Gasteiger partial charge in [-0.3, -0.25) is 8.61 Å². The molecule has 2 aliphatic carbocycles. The predicted octanol–water partition coefficient (Wildman–Crippen LogP) is 2.06. The molecule has 2 saturated carbocycles. The van der Waals surface area contributed by atoms with Crippen LogP contribution in [0.25, 0.3) is 16.7 Å². The Balaban J connectivity index is 0.000000354. The molecule has 3 aromatic heterocycles. The summed E-state index contributed by atoms with van der Waals surface area (Å²) in [7, 11) is -3.05. The summed E-state index contributed by atoms with van der Waals surface area (Å²) >= 11 is -1.76. The predicted molar refractivity (Wildman–Crippen MR) is 124 cm³/mol. The SMILES string of the molecule is CC[C@@H]1C[C@H](N)C[C@@H]1c1nc(CCS(C)(=O)=O)c2cnc3[nH]ccc3n12.O=S([O-])C1CC1. The van der Waals surface area contributed by atoms with Gasteiger partial charge in [-0.05, 0) is 37.7 Å². The molecule has 1 unspecified atom stereocenters. The Kier molecular flexibility index (Phi) is 6.71. The highest BCUT2D eigenvalue weighted by molar-refractivity contribution is 7.90. The molecule has 0 aliphatic heterocycles. The van der Waals surface area contributed by atoms with Gasteiger partial charge in [0, 0.05) is 36.1 Å².